The van der Waals surface area contributed by atoms with E-state index in [4.69, 9.17) is 9.52 Å². The number of hydrogen-bond donors (Lipinski definition) is 1. The Kier molecular flexibility index (Phi) is 2.33. The first kappa shape index (κ1) is 10.3. The fourth-order valence-corrected chi connectivity index (χ4v) is 2.17. The minimum absolute atomic E-state index is 0.0351. The molecule has 2 aromatic rings. The van der Waals surface area contributed by atoms with Crippen LogP contribution in [0.4, 0.5) is 5.69 Å². The summed E-state index contributed by atoms with van der Waals surface area (Å²) in [5.74, 6) is 0.0795. The van der Waals surface area contributed by atoms with Gasteiger partial charge in [0.25, 0.3) is 0 Å². The smallest absolute Gasteiger partial charge is 0.227 e. The lowest BCUT2D eigenvalue weighted by atomic mass is 10.1. The fourth-order valence-electron chi connectivity index (χ4n) is 2.17. The quantitative estimate of drug-likeness (QED) is 0.844. The molecule has 5 nitrogen and oxygen atoms in total. The standard InChI is InChI=1S/C12H12N2O3/c15-6-8-3-12(16)14(5-8)9-1-2-10-11(4-9)17-7-13-10/h1-2,4,7-8,15H,3,5-6H2. The molecule has 1 aromatic heterocycles. The van der Waals surface area contributed by atoms with Crippen molar-refractivity contribution in [3.8, 4) is 0 Å². The predicted octanol–water partition coefficient (Wildman–Crippen LogP) is 1.17. The number of aliphatic hydroxyl groups is 1. The van der Waals surface area contributed by atoms with Crippen molar-refractivity contribution >= 4 is 22.7 Å². The van der Waals surface area contributed by atoms with E-state index in [1.165, 1.54) is 6.39 Å². The highest BCUT2D eigenvalue weighted by Crippen LogP contribution is 2.27. The summed E-state index contributed by atoms with van der Waals surface area (Å²) in [5.41, 5.74) is 2.25. The molecule has 2 heterocycles. The van der Waals surface area contributed by atoms with Crippen LogP contribution in [-0.4, -0.2) is 29.1 Å². The number of anilines is 1. The van der Waals surface area contributed by atoms with Crippen LogP contribution in [-0.2, 0) is 4.79 Å². The van der Waals surface area contributed by atoms with Crippen molar-refractivity contribution in [1.29, 1.82) is 0 Å². The van der Waals surface area contributed by atoms with Crippen LogP contribution in [0.15, 0.2) is 29.0 Å². The summed E-state index contributed by atoms with van der Waals surface area (Å²) in [4.78, 5) is 17.5. The molecule has 1 fully saturated rings. The lowest BCUT2D eigenvalue weighted by molar-refractivity contribution is -0.117. The summed E-state index contributed by atoms with van der Waals surface area (Å²) in [6.07, 6.45) is 1.79. The normalized spacial score (nSPS) is 20.4. The largest absolute Gasteiger partial charge is 0.443 e. The second-order valence-corrected chi connectivity index (χ2v) is 4.26. The van der Waals surface area contributed by atoms with Crippen LogP contribution >= 0.6 is 0 Å². The van der Waals surface area contributed by atoms with Gasteiger partial charge in [-0.05, 0) is 12.1 Å². The van der Waals surface area contributed by atoms with Gasteiger partial charge in [0.15, 0.2) is 12.0 Å². The van der Waals surface area contributed by atoms with Crippen LogP contribution in [0.2, 0.25) is 0 Å². The molecular formula is C12H12N2O3. The molecule has 1 aromatic carbocycles. The van der Waals surface area contributed by atoms with Crippen LogP contribution in [0, 0.1) is 5.92 Å². The number of aromatic nitrogens is 1. The van der Waals surface area contributed by atoms with Crippen molar-refractivity contribution in [1.82, 2.24) is 4.98 Å². The lowest BCUT2D eigenvalue weighted by Gasteiger charge is -2.15. The van der Waals surface area contributed by atoms with Gasteiger partial charge in [0.2, 0.25) is 5.91 Å². The van der Waals surface area contributed by atoms with Gasteiger partial charge in [0.1, 0.15) is 5.52 Å². The van der Waals surface area contributed by atoms with Crippen LogP contribution in [0.5, 0.6) is 0 Å². The second-order valence-electron chi connectivity index (χ2n) is 4.26. The van der Waals surface area contributed by atoms with Gasteiger partial charge in [-0.15, -0.1) is 0 Å². The lowest BCUT2D eigenvalue weighted by Crippen LogP contribution is -2.24. The number of fused-ring (bicyclic) bond motifs is 1. The van der Waals surface area contributed by atoms with Crippen LogP contribution in [0.1, 0.15) is 6.42 Å². The Balaban J connectivity index is 1.95. The van der Waals surface area contributed by atoms with Gasteiger partial charge in [-0.2, -0.15) is 0 Å². The molecule has 88 valence electrons. The Morgan fingerprint density at radius 1 is 1.53 bits per heavy atom. The molecule has 0 aliphatic carbocycles. The molecular weight excluding hydrogens is 220 g/mol. The zero-order chi connectivity index (χ0) is 11.8. The van der Waals surface area contributed by atoms with E-state index in [1.54, 1.807) is 11.0 Å². The number of oxazole rings is 1. The van der Waals surface area contributed by atoms with Crippen LogP contribution in [0.25, 0.3) is 11.1 Å². The summed E-state index contributed by atoms with van der Waals surface area (Å²) < 4.78 is 5.21. The van der Waals surface area contributed by atoms with E-state index < -0.39 is 0 Å². The van der Waals surface area contributed by atoms with Crippen LogP contribution < -0.4 is 4.90 Å². The topological polar surface area (TPSA) is 66.6 Å². The van der Waals surface area contributed by atoms with Gasteiger partial charge >= 0.3 is 0 Å². The molecule has 1 atom stereocenters. The molecule has 3 rings (SSSR count). The average Bonchev–Trinajstić information content (AvgIpc) is 2.93. The fraction of sp³-hybridized carbons (Fsp3) is 0.333. The van der Waals surface area contributed by atoms with Crippen molar-refractivity contribution in [3.05, 3.63) is 24.6 Å². The summed E-state index contributed by atoms with van der Waals surface area (Å²) in [6, 6.07) is 5.48. The van der Waals surface area contributed by atoms with E-state index in [2.05, 4.69) is 4.98 Å². The van der Waals surface area contributed by atoms with E-state index in [9.17, 15) is 4.79 Å². The molecule has 17 heavy (non-hydrogen) atoms. The SMILES string of the molecule is O=C1CC(CO)CN1c1ccc2ncoc2c1. The molecule has 1 aliphatic heterocycles. The number of amides is 1. The van der Waals surface area contributed by atoms with Crippen molar-refractivity contribution in [2.75, 3.05) is 18.1 Å². The molecule has 1 unspecified atom stereocenters. The Morgan fingerprint density at radius 2 is 2.41 bits per heavy atom. The first-order chi connectivity index (χ1) is 8.28. The summed E-state index contributed by atoms with van der Waals surface area (Å²) >= 11 is 0. The third-order valence-electron chi connectivity index (χ3n) is 3.09. The number of benzene rings is 1. The number of aliphatic hydroxyl groups excluding tert-OH is 1. The number of rotatable bonds is 2. The number of hydrogen-bond acceptors (Lipinski definition) is 4. The molecule has 0 saturated carbocycles. The minimum atomic E-state index is 0.0351. The Bertz CT molecular complexity index is 564. The van der Waals surface area contributed by atoms with Gasteiger partial charge in [0.05, 0.1) is 0 Å². The maximum absolute atomic E-state index is 11.8. The number of nitrogens with zero attached hydrogens (tertiary/aromatic N) is 2. The highest BCUT2D eigenvalue weighted by atomic mass is 16.3. The molecule has 0 spiro atoms. The highest BCUT2D eigenvalue weighted by molar-refractivity contribution is 5.97. The van der Waals surface area contributed by atoms with Crippen molar-refractivity contribution in [3.63, 3.8) is 0 Å². The summed E-state index contributed by atoms with van der Waals surface area (Å²) in [5, 5.41) is 9.08. The third-order valence-corrected chi connectivity index (χ3v) is 3.09. The Morgan fingerprint density at radius 3 is 3.18 bits per heavy atom. The predicted molar refractivity (Wildman–Crippen MR) is 61.6 cm³/mol. The van der Waals surface area contributed by atoms with E-state index in [0.29, 0.717) is 18.5 Å². The Labute approximate surface area is 97.7 Å². The zero-order valence-electron chi connectivity index (χ0n) is 9.17. The Hall–Kier alpha value is -1.88. The van der Waals surface area contributed by atoms with E-state index in [0.717, 1.165) is 11.2 Å². The molecule has 0 bridgehead atoms. The van der Waals surface area contributed by atoms with Crippen molar-refractivity contribution < 1.29 is 14.3 Å². The first-order valence-corrected chi connectivity index (χ1v) is 5.52. The maximum atomic E-state index is 11.8. The second kappa shape index (κ2) is 3.85. The molecule has 1 aliphatic rings. The third kappa shape index (κ3) is 1.68. The average molecular weight is 232 g/mol. The van der Waals surface area contributed by atoms with Gasteiger partial charge in [-0.1, -0.05) is 0 Å². The van der Waals surface area contributed by atoms with Crippen LogP contribution in [0.3, 0.4) is 0 Å². The number of carbonyl (C=O) groups excluding carboxylic acids is 1. The van der Waals surface area contributed by atoms with Crippen molar-refractivity contribution in [2.24, 2.45) is 5.92 Å². The maximum Gasteiger partial charge on any atom is 0.227 e. The molecule has 5 heteroatoms. The monoisotopic (exact) mass is 232 g/mol. The van der Waals surface area contributed by atoms with E-state index in [1.807, 2.05) is 12.1 Å². The minimum Gasteiger partial charge on any atom is -0.443 e. The zero-order valence-corrected chi connectivity index (χ0v) is 9.17. The van der Waals surface area contributed by atoms with Crippen molar-refractivity contribution in [2.45, 2.75) is 6.42 Å². The first-order valence-electron chi connectivity index (χ1n) is 5.52. The number of carbonyl (C=O) groups is 1. The van der Waals surface area contributed by atoms with E-state index >= 15 is 0 Å². The van der Waals surface area contributed by atoms with E-state index in [-0.39, 0.29) is 18.4 Å². The van der Waals surface area contributed by atoms with Gasteiger partial charge < -0.3 is 14.4 Å². The van der Waals surface area contributed by atoms with Gasteiger partial charge in [0, 0.05) is 37.2 Å². The molecule has 0 radical (unpaired) electrons. The summed E-state index contributed by atoms with van der Waals surface area (Å²) in [6.45, 7) is 0.613. The molecule has 1 N–H and O–H groups in total. The van der Waals surface area contributed by atoms with Gasteiger partial charge in [-0.25, -0.2) is 4.98 Å². The molecule has 1 amide bonds. The molecule has 1 saturated heterocycles. The van der Waals surface area contributed by atoms with Gasteiger partial charge in [-0.3, -0.25) is 4.79 Å². The highest BCUT2D eigenvalue weighted by Gasteiger charge is 2.30. The summed E-state index contributed by atoms with van der Waals surface area (Å²) in [7, 11) is 0.